The molecule has 0 aliphatic rings. The fourth-order valence-electron chi connectivity index (χ4n) is 1.81. The molecule has 0 amide bonds. The van der Waals surface area contributed by atoms with Crippen LogP contribution in [0.2, 0.25) is 0 Å². The minimum absolute atomic E-state index is 0.881. The van der Waals surface area contributed by atoms with E-state index in [1.165, 1.54) is 11.1 Å². The van der Waals surface area contributed by atoms with E-state index in [0.29, 0.717) is 0 Å². The van der Waals surface area contributed by atoms with Gasteiger partial charge in [-0.3, -0.25) is 0 Å². The van der Waals surface area contributed by atoms with Crippen molar-refractivity contribution < 1.29 is 0 Å². The highest BCUT2D eigenvalue weighted by Crippen LogP contribution is 2.22. The first-order valence-corrected chi connectivity index (χ1v) is 7.46. The third-order valence-electron chi connectivity index (χ3n) is 2.91. The minimum Gasteiger partial charge on any atom is -0.310 e. The minimum atomic E-state index is 0.881. The molecule has 3 heteroatoms. The Kier molecular flexibility index (Phi) is 4.90. The van der Waals surface area contributed by atoms with Gasteiger partial charge in [0.05, 0.1) is 5.69 Å². The van der Waals surface area contributed by atoms with Gasteiger partial charge in [0, 0.05) is 17.5 Å². The van der Waals surface area contributed by atoms with Gasteiger partial charge in [-0.05, 0) is 24.9 Å². The molecule has 0 fully saturated rings. The van der Waals surface area contributed by atoms with Crippen LogP contribution in [-0.2, 0) is 13.0 Å². The zero-order chi connectivity index (χ0) is 12.8. The van der Waals surface area contributed by atoms with Crippen LogP contribution in [-0.4, -0.2) is 11.5 Å². The highest BCUT2D eigenvalue weighted by molar-refractivity contribution is 7.09. The Morgan fingerprint density at radius 1 is 1.17 bits per heavy atom. The summed E-state index contributed by atoms with van der Waals surface area (Å²) in [5, 5.41) is 6.69. The molecule has 2 nitrogen and oxygen atoms in total. The fourth-order valence-corrected chi connectivity index (χ4v) is 2.58. The van der Waals surface area contributed by atoms with Crippen LogP contribution in [0.3, 0.4) is 0 Å². The molecule has 0 atom stereocenters. The van der Waals surface area contributed by atoms with E-state index in [-0.39, 0.29) is 0 Å². The number of aromatic nitrogens is 1. The summed E-state index contributed by atoms with van der Waals surface area (Å²) in [4.78, 5) is 4.66. The van der Waals surface area contributed by atoms with E-state index < -0.39 is 0 Å². The first-order valence-electron chi connectivity index (χ1n) is 6.58. The Morgan fingerprint density at radius 2 is 1.94 bits per heavy atom. The van der Waals surface area contributed by atoms with Crippen molar-refractivity contribution in [1.29, 1.82) is 0 Å². The number of benzene rings is 1. The second kappa shape index (κ2) is 6.66. The first-order chi connectivity index (χ1) is 8.83. The predicted molar refractivity (Wildman–Crippen MR) is 78.9 cm³/mol. The van der Waals surface area contributed by atoms with Crippen LogP contribution in [0.4, 0.5) is 0 Å². The predicted octanol–water partition coefficient (Wildman–Crippen LogP) is 3.87. The molecular weight excluding hydrogens is 240 g/mol. The molecule has 0 saturated heterocycles. The van der Waals surface area contributed by atoms with Gasteiger partial charge in [0.2, 0.25) is 0 Å². The van der Waals surface area contributed by atoms with Gasteiger partial charge in [0.1, 0.15) is 5.01 Å². The Hall–Kier alpha value is -1.19. The number of thiazole rings is 1. The largest absolute Gasteiger partial charge is 0.310 e. The van der Waals surface area contributed by atoms with Crippen molar-refractivity contribution in [3.8, 4) is 11.3 Å². The molecule has 0 bridgehead atoms. The lowest BCUT2D eigenvalue weighted by molar-refractivity contribution is 0.673. The second-order valence-electron chi connectivity index (χ2n) is 4.35. The van der Waals surface area contributed by atoms with Crippen LogP contribution < -0.4 is 5.32 Å². The van der Waals surface area contributed by atoms with Crippen molar-refractivity contribution in [2.75, 3.05) is 6.54 Å². The van der Waals surface area contributed by atoms with E-state index in [9.17, 15) is 0 Å². The molecule has 0 aliphatic carbocycles. The molecule has 1 aromatic heterocycles. The molecule has 1 aromatic carbocycles. The normalized spacial score (nSPS) is 10.8. The monoisotopic (exact) mass is 260 g/mol. The number of nitrogens with zero attached hydrogens (tertiary/aromatic N) is 1. The van der Waals surface area contributed by atoms with Gasteiger partial charge in [-0.15, -0.1) is 11.3 Å². The number of hydrogen-bond donors (Lipinski definition) is 1. The lowest BCUT2D eigenvalue weighted by atomic mass is 10.1. The number of rotatable bonds is 6. The maximum atomic E-state index is 4.66. The van der Waals surface area contributed by atoms with Crippen molar-refractivity contribution >= 4 is 11.3 Å². The summed E-state index contributed by atoms with van der Waals surface area (Å²) < 4.78 is 0. The van der Waals surface area contributed by atoms with Gasteiger partial charge < -0.3 is 5.32 Å². The third-order valence-corrected chi connectivity index (χ3v) is 3.76. The average molecular weight is 260 g/mol. The number of nitrogens with one attached hydrogen (secondary N) is 1. The Balaban J connectivity index is 2.04. The maximum absolute atomic E-state index is 4.66. The van der Waals surface area contributed by atoms with Gasteiger partial charge in [-0.1, -0.05) is 38.1 Å². The van der Waals surface area contributed by atoms with Crippen LogP contribution >= 0.6 is 11.3 Å². The summed E-state index contributed by atoms with van der Waals surface area (Å²) in [5.41, 5.74) is 3.68. The van der Waals surface area contributed by atoms with E-state index in [2.05, 4.69) is 53.8 Å². The molecule has 0 aliphatic heterocycles. The average Bonchev–Trinajstić information content (AvgIpc) is 2.88. The molecule has 0 spiro atoms. The van der Waals surface area contributed by atoms with E-state index in [1.807, 2.05) is 0 Å². The van der Waals surface area contributed by atoms with Crippen molar-refractivity contribution in [2.24, 2.45) is 0 Å². The van der Waals surface area contributed by atoms with Crippen molar-refractivity contribution in [3.05, 3.63) is 40.2 Å². The van der Waals surface area contributed by atoms with Crippen molar-refractivity contribution in [2.45, 2.75) is 33.2 Å². The topological polar surface area (TPSA) is 24.9 Å². The molecule has 0 unspecified atom stereocenters. The highest BCUT2D eigenvalue weighted by Gasteiger charge is 2.04. The molecular formula is C15H20N2S. The van der Waals surface area contributed by atoms with Crippen LogP contribution in [0.15, 0.2) is 29.6 Å². The smallest absolute Gasteiger partial charge is 0.107 e. The lowest BCUT2D eigenvalue weighted by Crippen LogP contribution is -2.13. The van der Waals surface area contributed by atoms with E-state index in [0.717, 1.165) is 36.6 Å². The summed E-state index contributed by atoms with van der Waals surface area (Å²) in [6.45, 7) is 6.29. The summed E-state index contributed by atoms with van der Waals surface area (Å²) in [6, 6.07) is 8.70. The Morgan fingerprint density at radius 3 is 2.61 bits per heavy atom. The van der Waals surface area contributed by atoms with E-state index in [4.69, 9.17) is 0 Å². The third kappa shape index (κ3) is 3.40. The van der Waals surface area contributed by atoms with Gasteiger partial charge in [-0.2, -0.15) is 0 Å². The fraction of sp³-hybridized carbons (Fsp3) is 0.400. The first kappa shape index (κ1) is 13.2. The highest BCUT2D eigenvalue weighted by atomic mass is 32.1. The van der Waals surface area contributed by atoms with E-state index in [1.54, 1.807) is 11.3 Å². The summed E-state index contributed by atoms with van der Waals surface area (Å²) in [7, 11) is 0. The van der Waals surface area contributed by atoms with Gasteiger partial charge in [0.15, 0.2) is 0 Å². The number of aryl methyl sites for hydroxylation is 1. The van der Waals surface area contributed by atoms with Gasteiger partial charge in [-0.25, -0.2) is 4.98 Å². The maximum Gasteiger partial charge on any atom is 0.107 e. The molecule has 1 N–H and O–H groups in total. The standard InChI is InChI=1S/C15H20N2S/c1-3-9-16-10-15-17-14(11-18-15)13-7-5-12(4-2)6-8-13/h5-8,11,16H,3-4,9-10H2,1-2H3. The van der Waals surface area contributed by atoms with Gasteiger partial charge in [0.25, 0.3) is 0 Å². The van der Waals surface area contributed by atoms with Crippen LogP contribution in [0, 0.1) is 0 Å². The second-order valence-corrected chi connectivity index (χ2v) is 5.30. The zero-order valence-electron chi connectivity index (χ0n) is 11.1. The summed E-state index contributed by atoms with van der Waals surface area (Å²) in [6.07, 6.45) is 2.25. The molecule has 18 heavy (non-hydrogen) atoms. The molecule has 2 aromatic rings. The molecule has 0 saturated carbocycles. The summed E-state index contributed by atoms with van der Waals surface area (Å²) >= 11 is 1.73. The van der Waals surface area contributed by atoms with E-state index >= 15 is 0 Å². The Labute approximate surface area is 113 Å². The Bertz CT molecular complexity index is 473. The molecule has 96 valence electrons. The summed E-state index contributed by atoms with van der Waals surface area (Å²) in [5.74, 6) is 0. The molecule has 0 radical (unpaired) electrons. The SMILES string of the molecule is CCCNCc1nc(-c2ccc(CC)cc2)cs1. The number of hydrogen-bond acceptors (Lipinski definition) is 3. The molecule has 2 rings (SSSR count). The van der Waals surface area contributed by atoms with Crippen molar-refractivity contribution in [3.63, 3.8) is 0 Å². The quantitative estimate of drug-likeness (QED) is 0.797. The zero-order valence-corrected chi connectivity index (χ0v) is 11.9. The van der Waals surface area contributed by atoms with Crippen molar-refractivity contribution in [1.82, 2.24) is 10.3 Å². The van der Waals surface area contributed by atoms with Crippen LogP contribution in [0.5, 0.6) is 0 Å². The van der Waals surface area contributed by atoms with Crippen LogP contribution in [0.25, 0.3) is 11.3 Å². The van der Waals surface area contributed by atoms with Crippen LogP contribution in [0.1, 0.15) is 30.8 Å². The molecule has 1 heterocycles. The lowest BCUT2D eigenvalue weighted by Gasteiger charge is -2.00. The van der Waals surface area contributed by atoms with Gasteiger partial charge >= 0.3 is 0 Å².